The maximum atomic E-state index is 5.48. The quantitative estimate of drug-likeness (QED) is 0.586. The van der Waals surface area contributed by atoms with Crippen molar-refractivity contribution in [1.82, 2.24) is 0 Å². The average Bonchev–Trinajstić information content (AvgIpc) is 2.38. The molecule has 1 fully saturated rings. The van der Waals surface area contributed by atoms with Crippen LogP contribution in [0.1, 0.15) is 26.7 Å². The van der Waals surface area contributed by atoms with Gasteiger partial charge in [0.05, 0.1) is 11.7 Å². The molecule has 0 saturated carbocycles. The molecule has 10 heavy (non-hydrogen) atoms. The average molecular weight is 144 g/mol. The molecule has 1 atom stereocenters. The van der Waals surface area contributed by atoms with Gasteiger partial charge in [-0.2, -0.15) is 0 Å². The summed E-state index contributed by atoms with van der Waals surface area (Å²) in [4.78, 5) is 0. The van der Waals surface area contributed by atoms with E-state index in [0.717, 1.165) is 13.0 Å². The second kappa shape index (κ2) is 2.89. The molecule has 2 nitrogen and oxygen atoms in total. The van der Waals surface area contributed by atoms with Crippen LogP contribution in [0.2, 0.25) is 0 Å². The third-order valence-electron chi connectivity index (χ3n) is 2.23. The van der Waals surface area contributed by atoms with Crippen molar-refractivity contribution in [2.45, 2.75) is 38.4 Å². The second-order valence-electron chi connectivity index (χ2n) is 3.31. The fourth-order valence-corrected chi connectivity index (χ4v) is 1.26. The van der Waals surface area contributed by atoms with Crippen LogP contribution in [0.25, 0.3) is 0 Å². The molecule has 0 radical (unpaired) electrons. The molecule has 0 amide bonds. The van der Waals surface area contributed by atoms with Crippen molar-refractivity contribution in [3.8, 4) is 0 Å². The Morgan fingerprint density at radius 1 is 1.50 bits per heavy atom. The van der Waals surface area contributed by atoms with Crippen molar-refractivity contribution in [3.05, 3.63) is 0 Å². The number of hydrogen-bond donors (Lipinski definition) is 0. The van der Waals surface area contributed by atoms with Crippen LogP contribution in [0, 0.1) is 0 Å². The molecular weight excluding hydrogens is 128 g/mol. The minimum atomic E-state index is -0.101. The van der Waals surface area contributed by atoms with E-state index in [4.69, 9.17) is 9.47 Å². The summed E-state index contributed by atoms with van der Waals surface area (Å²) >= 11 is 0. The van der Waals surface area contributed by atoms with Crippen molar-refractivity contribution < 1.29 is 9.47 Å². The highest BCUT2D eigenvalue weighted by Gasteiger charge is 2.32. The summed E-state index contributed by atoms with van der Waals surface area (Å²) in [6.45, 7) is 5.05. The lowest BCUT2D eigenvalue weighted by Gasteiger charge is -2.28. The van der Waals surface area contributed by atoms with E-state index in [9.17, 15) is 0 Å². The molecule has 0 N–H and O–H groups in total. The first-order valence-corrected chi connectivity index (χ1v) is 3.83. The molecule has 0 spiro atoms. The molecule has 0 bridgehead atoms. The van der Waals surface area contributed by atoms with Crippen molar-refractivity contribution in [1.29, 1.82) is 0 Å². The minimum Gasteiger partial charge on any atom is -0.376 e. The Morgan fingerprint density at radius 2 is 2.20 bits per heavy atom. The Bertz CT molecular complexity index is 104. The summed E-state index contributed by atoms with van der Waals surface area (Å²) in [6.07, 6.45) is 2.62. The summed E-state index contributed by atoms with van der Waals surface area (Å²) in [5, 5.41) is 0. The van der Waals surface area contributed by atoms with Crippen molar-refractivity contribution >= 4 is 0 Å². The van der Waals surface area contributed by atoms with Gasteiger partial charge in [-0.3, -0.25) is 0 Å². The Kier molecular flexibility index (Phi) is 2.32. The molecule has 2 heteroatoms. The lowest BCUT2D eigenvalue weighted by atomic mass is 9.99. The second-order valence-corrected chi connectivity index (χ2v) is 3.31. The topological polar surface area (TPSA) is 18.5 Å². The lowest BCUT2D eigenvalue weighted by Crippen LogP contribution is -2.37. The van der Waals surface area contributed by atoms with Crippen LogP contribution >= 0.6 is 0 Å². The zero-order valence-corrected chi connectivity index (χ0v) is 7.02. The number of ether oxygens (including phenoxy) is 2. The van der Waals surface area contributed by atoms with E-state index in [2.05, 4.69) is 13.8 Å². The van der Waals surface area contributed by atoms with E-state index in [1.165, 1.54) is 6.42 Å². The lowest BCUT2D eigenvalue weighted by molar-refractivity contribution is -0.0859. The van der Waals surface area contributed by atoms with Gasteiger partial charge < -0.3 is 9.47 Å². The Labute approximate surface area is 62.5 Å². The number of rotatable bonds is 2. The van der Waals surface area contributed by atoms with Gasteiger partial charge in [-0.15, -0.1) is 0 Å². The van der Waals surface area contributed by atoms with E-state index in [0.29, 0.717) is 6.10 Å². The van der Waals surface area contributed by atoms with E-state index < -0.39 is 0 Å². The maximum absolute atomic E-state index is 5.48. The third kappa shape index (κ3) is 1.50. The normalized spacial score (nSPS) is 27.3. The maximum Gasteiger partial charge on any atom is 0.0883 e. The van der Waals surface area contributed by atoms with E-state index in [1.807, 2.05) is 0 Å². The largest absolute Gasteiger partial charge is 0.376 e. The van der Waals surface area contributed by atoms with Gasteiger partial charge in [0.1, 0.15) is 0 Å². The van der Waals surface area contributed by atoms with E-state index in [-0.39, 0.29) is 5.60 Å². The van der Waals surface area contributed by atoms with Gasteiger partial charge in [-0.05, 0) is 26.7 Å². The van der Waals surface area contributed by atoms with E-state index in [1.54, 1.807) is 7.11 Å². The predicted octanol–water partition coefficient (Wildman–Crippen LogP) is 1.59. The van der Waals surface area contributed by atoms with Crippen molar-refractivity contribution in [2.75, 3.05) is 13.7 Å². The molecule has 1 rings (SSSR count). The summed E-state index contributed by atoms with van der Waals surface area (Å²) in [5.74, 6) is 0. The summed E-state index contributed by atoms with van der Waals surface area (Å²) in [5.41, 5.74) is -0.101. The van der Waals surface area contributed by atoms with Gasteiger partial charge in [0.15, 0.2) is 0 Å². The first-order chi connectivity index (χ1) is 4.67. The predicted molar refractivity (Wildman–Crippen MR) is 40.1 cm³/mol. The molecule has 0 aromatic heterocycles. The van der Waals surface area contributed by atoms with Crippen LogP contribution < -0.4 is 0 Å². The van der Waals surface area contributed by atoms with E-state index >= 15 is 0 Å². The molecule has 1 unspecified atom stereocenters. The minimum absolute atomic E-state index is 0.101. The first-order valence-electron chi connectivity index (χ1n) is 3.83. The Morgan fingerprint density at radius 3 is 2.60 bits per heavy atom. The SMILES string of the molecule is COC(C)(C)C1CCCO1. The third-order valence-corrected chi connectivity index (χ3v) is 2.23. The molecule has 1 heterocycles. The summed E-state index contributed by atoms with van der Waals surface area (Å²) in [7, 11) is 1.74. The summed E-state index contributed by atoms with van der Waals surface area (Å²) < 4.78 is 10.8. The van der Waals surface area contributed by atoms with Gasteiger partial charge >= 0.3 is 0 Å². The molecule has 1 saturated heterocycles. The van der Waals surface area contributed by atoms with Crippen LogP contribution in [-0.4, -0.2) is 25.4 Å². The smallest absolute Gasteiger partial charge is 0.0883 e. The standard InChI is InChI=1S/C8H16O2/c1-8(2,9-3)7-5-4-6-10-7/h7H,4-6H2,1-3H3. The van der Waals surface area contributed by atoms with Crippen LogP contribution in [0.3, 0.4) is 0 Å². The van der Waals surface area contributed by atoms with Gasteiger partial charge in [-0.1, -0.05) is 0 Å². The molecule has 1 aliphatic heterocycles. The highest BCUT2D eigenvalue weighted by atomic mass is 16.5. The molecule has 1 aliphatic rings. The van der Waals surface area contributed by atoms with Gasteiger partial charge in [0.25, 0.3) is 0 Å². The number of hydrogen-bond acceptors (Lipinski definition) is 2. The molecule has 0 aromatic carbocycles. The monoisotopic (exact) mass is 144 g/mol. The molecule has 0 aromatic rings. The highest BCUT2D eigenvalue weighted by molar-refractivity contribution is 4.82. The van der Waals surface area contributed by atoms with Crippen LogP contribution in [0.4, 0.5) is 0 Å². The zero-order valence-electron chi connectivity index (χ0n) is 7.02. The fraction of sp³-hybridized carbons (Fsp3) is 1.00. The van der Waals surface area contributed by atoms with Crippen LogP contribution in [-0.2, 0) is 9.47 Å². The molecular formula is C8H16O2. The Balaban J connectivity index is 2.45. The Hall–Kier alpha value is -0.0800. The van der Waals surface area contributed by atoms with Crippen molar-refractivity contribution in [2.24, 2.45) is 0 Å². The van der Waals surface area contributed by atoms with Gasteiger partial charge in [-0.25, -0.2) is 0 Å². The zero-order chi connectivity index (χ0) is 7.61. The molecule has 60 valence electrons. The van der Waals surface area contributed by atoms with Crippen LogP contribution in [0.5, 0.6) is 0 Å². The van der Waals surface area contributed by atoms with Gasteiger partial charge in [0.2, 0.25) is 0 Å². The first kappa shape index (κ1) is 8.02. The van der Waals surface area contributed by atoms with Gasteiger partial charge in [0, 0.05) is 13.7 Å². The number of methoxy groups -OCH3 is 1. The summed E-state index contributed by atoms with van der Waals surface area (Å²) in [6, 6.07) is 0. The molecule has 0 aliphatic carbocycles. The highest BCUT2D eigenvalue weighted by Crippen LogP contribution is 2.25. The van der Waals surface area contributed by atoms with Crippen LogP contribution in [0.15, 0.2) is 0 Å². The van der Waals surface area contributed by atoms with Crippen molar-refractivity contribution in [3.63, 3.8) is 0 Å². The fourth-order valence-electron chi connectivity index (χ4n) is 1.26.